The second kappa shape index (κ2) is 4.79. The van der Waals surface area contributed by atoms with Gasteiger partial charge >= 0.3 is 0 Å². The second-order valence-corrected chi connectivity index (χ2v) is 4.73. The van der Waals surface area contributed by atoms with Crippen molar-refractivity contribution in [2.45, 2.75) is 18.1 Å². The average Bonchev–Trinajstić information content (AvgIpc) is 2.28. The molecule has 0 aromatic heterocycles. The number of benzene rings is 1. The molecule has 2 amide bonds. The number of amides is 2. The van der Waals surface area contributed by atoms with Crippen LogP contribution in [0.2, 0.25) is 0 Å². The Morgan fingerprint density at radius 1 is 1.41 bits per heavy atom. The molecule has 1 aromatic rings. The van der Waals surface area contributed by atoms with Crippen LogP contribution < -0.4 is 11.1 Å². The van der Waals surface area contributed by atoms with E-state index in [2.05, 4.69) is 17.9 Å². The third-order valence-corrected chi connectivity index (χ3v) is 3.57. The van der Waals surface area contributed by atoms with Gasteiger partial charge < -0.3 is 5.73 Å². The minimum absolute atomic E-state index is 0.209. The van der Waals surface area contributed by atoms with Gasteiger partial charge in [-0.05, 0) is 24.1 Å². The summed E-state index contributed by atoms with van der Waals surface area (Å²) in [5, 5.41) is 2.11. The van der Waals surface area contributed by atoms with Crippen LogP contribution in [0.1, 0.15) is 23.7 Å². The molecule has 1 aromatic carbocycles. The third kappa shape index (κ3) is 2.61. The van der Waals surface area contributed by atoms with Gasteiger partial charge in [0.25, 0.3) is 0 Å². The van der Waals surface area contributed by atoms with Crippen molar-refractivity contribution in [3.05, 3.63) is 29.8 Å². The Morgan fingerprint density at radius 3 is 2.82 bits per heavy atom. The van der Waals surface area contributed by atoms with E-state index in [0.29, 0.717) is 18.5 Å². The first-order chi connectivity index (χ1) is 8.08. The van der Waals surface area contributed by atoms with Crippen LogP contribution in [0.4, 0.5) is 5.69 Å². The predicted molar refractivity (Wildman–Crippen MR) is 68.5 cm³/mol. The van der Waals surface area contributed by atoms with Gasteiger partial charge in [-0.3, -0.25) is 14.9 Å². The largest absolute Gasteiger partial charge is 0.399 e. The van der Waals surface area contributed by atoms with Crippen molar-refractivity contribution in [2.24, 2.45) is 5.92 Å². The highest BCUT2D eigenvalue weighted by Crippen LogP contribution is 2.34. The molecule has 5 heteroatoms. The van der Waals surface area contributed by atoms with Gasteiger partial charge in [0.2, 0.25) is 11.8 Å². The maximum absolute atomic E-state index is 11.7. The maximum atomic E-state index is 11.7. The van der Waals surface area contributed by atoms with E-state index in [9.17, 15) is 9.59 Å². The van der Waals surface area contributed by atoms with Crippen LogP contribution in [-0.4, -0.2) is 11.8 Å². The minimum Gasteiger partial charge on any atom is -0.399 e. The fourth-order valence-corrected chi connectivity index (χ4v) is 2.43. The van der Waals surface area contributed by atoms with Crippen molar-refractivity contribution in [1.82, 2.24) is 5.32 Å². The number of hydrogen-bond donors (Lipinski definition) is 3. The average molecular weight is 250 g/mol. The van der Waals surface area contributed by atoms with E-state index < -0.39 is 0 Å². The highest BCUT2D eigenvalue weighted by molar-refractivity contribution is 7.80. The molecule has 17 heavy (non-hydrogen) atoms. The fourth-order valence-electron chi connectivity index (χ4n) is 1.99. The summed E-state index contributed by atoms with van der Waals surface area (Å²) < 4.78 is 0. The number of nitrogens with one attached hydrogen (secondary N) is 1. The molecule has 0 aliphatic carbocycles. The lowest BCUT2D eigenvalue weighted by Gasteiger charge is -2.26. The fraction of sp³-hybridized carbons (Fsp3) is 0.333. The van der Waals surface area contributed by atoms with Crippen LogP contribution in [0.3, 0.4) is 0 Å². The summed E-state index contributed by atoms with van der Waals surface area (Å²) in [5.74, 6) is -0.735. The lowest BCUT2D eigenvalue weighted by Crippen LogP contribution is -2.42. The van der Waals surface area contributed by atoms with Crippen LogP contribution in [0, 0.1) is 5.92 Å². The minimum atomic E-state index is -0.280. The molecule has 0 radical (unpaired) electrons. The van der Waals surface area contributed by atoms with Crippen molar-refractivity contribution in [3.8, 4) is 0 Å². The molecule has 1 heterocycles. The van der Waals surface area contributed by atoms with Crippen LogP contribution in [-0.2, 0) is 9.59 Å². The lowest BCUT2D eigenvalue weighted by molar-refractivity contribution is -0.136. The number of piperidine rings is 1. The van der Waals surface area contributed by atoms with E-state index in [1.54, 1.807) is 12.1 Å². The van der Waals surface area contributed by atoms with E-state index in [1.807, 2.05) is 12.1 Å². The molecule has 1 fully saturated rings. The number of thiol groups is 1. The highest BCUT2D eigenvalue weighted by atomic mass is 32.1. The number of carbonyl (C=O) groups is 2. The van der Waals surface area contributed by atoms with Gasteiger partial charge in [0.1, 0.15) is 0 Å². The summed E-state index contributed by atoms with van der Waals surface area (Å²) in [6.07, 6.45) is 0.906. The summed E-state index contributed by atoms with van der Waals surface area (Å²) in [6.45, 7) is 0. The van der Waals surface area contributed by atoms with Crippen LogP contribution in [0.25, 0.3) is 0 Å². The number of nitrogens with two attached hydrogens (primary N) is 1. The number of imide groups is 1. The maximum Gasteiger partial charge on any atom is 0.231 e. The highest BCUT2D eigenvalue weighted by Gasteiger charge is 2.32. The quantitative estimate of drug-likeness (QED) is 0.421. The van der Waals surface area contributed by atoms with Crippen molar-refractivity contribution >= 4 is 30.1 Å². The molecule has 1 saturated heterocycles. The van der Waals surface area contributed by atoms with Crippen molar-refractivity contribution in [1.29, 1.82) is 0 Å². The molecule has 0 bridgehead atoms. The molecule has 2 atom stereocenters. The van der Waals surface area contributed by atoms with Gasteiger partial charge in [-0.15, -0.1) is 0 Å². The molecule has 1 aliphatic rings. The Kier molecular flexibility index (Phi) is 3.38. The van der Waals surface area contributed by atoms with Gasteiger partial charge in [-0.25, -0.2) is 0 Å². The number of carbonyl (C=O) groups excluding carboxylic acids is 2. The SMILES string of the molecule is Nc1cccc(C(S)C2CCC(=O)NC2=O)c1. The van der Waals surface area contributed by atoms with Crippen molar-refractivity contribution in [3.63, 3.8) is 0 Å². The van der Waals surface area contributed by atoms with Crippen LogP contribution >= 0.6 is 12.6 Å². The standard InChI is InChI=1S/C12H14N2O2S/c13-8-3-1-2-7(6-8)11(17)9-4-5-10(15)14-12(9)16/h1-3,6,9,11,17H,4-5,13H2,(H,14,15,16). The van der Waals surface area contributed by atoms with Crippen molar-refractivity contribution < 1.29 is 9.59 Å². The Balaban J connectivity index is 2.17. The zero-order chi connectivity index (χ0) is 12.4. The Labute approximate surface area is 105 Å². The van der Waals surface area contributed by atoms with E-state index in [4.69, 9.17) is 5.73 Å². The van der Waals surface area contributed by atoms with Gasteiger partial charge in [0, 0.05) is 17.4 Å². The molecule has 2 rings (SSSR count). The lowest BCUT2D eigenvalue weighted by atomic mass is 9.90. The summed E-state index contributed by atoms with van der Waals surface area (Å²) in [5.41, 5.74) is 7.25. The predicted octanol–water partition coefficient (Wildman–Crippen LogP) is 1.29. The first-order valence-corrected chi connectivity index (χ1v) is 5.97. The van der Waals surface area contributed by atoms with Crippen LogP contribution in [0.5, 0.6) is 0 Å². The van der Waals surface area contributed by atoms with Gasteiger partial charge in [0.05, 0.1) is 5.92 Å². The molecular formula is C12H14N2O2S. The Morgan fingerprint density at radius 2 is 2.18 bits per heavy atom. The van der Waals surface area contributed by atoms with E-state index in [-0.39, 0.29) is 23.0 Å². The zero-order valence-electron chi connectivity index (χ0n) is 9.22. The van der Waals surface area contributed by atoms with E-state index in [0.717, 1.165) is 5.56 Å². The molecule has 4 nitrogen and oxygen atoms in total. The molecule has 3 N–H and O–H groups in total. The summed E-state index contributed by atoms with van der Waals surface area (Å²) in [6, 6.07) is 7.31. The smallest absolute Gasteiger partial charge is 0.231 e. The zero-order valence-corrected chi connectivity index (χ0v) is 10.1. The van der Waals surface area contributed by atoms with E-state index >= 15 is 0 Å². The third-order valence-electron chi connectivity index (χ3n) is 2.92. The first kappa shape index (κ1) is 12.0. The molecule has 0 saturated carbocycles. The molecule has 1 aliphatic heterocycles. The van der Waals surface area contributed by atoms with Crippen LogP contribution in [0.15, 0.2) is 24.3 Å². The monoisotopic (exact) mass is 250 g/mol. The van der Waals surface area contributed by atoms with E-state index in [1.165, 1.54) is 0 Å². The number of hydrogen-bond acceptors (Lipinski definition) is 4. The molecular weight excluding hydrogens is 236 g/mol. The summed E-state index contributed by atoms with van der Waals surface area (Å²) in [4.78, 5) is 22.7. The first-order valence-electron chi connectivity index (χ1n) is 5.45. The van der Waals surface area contributed by atoms with Gasteiger partial charge in [0.15, 0.2) is 0 Å². The van der Waals surface area contributed by atoms with Gasteiger partial charge in [-0.1, -0.05) is 12.1 Å². The summed E-state index contributed by atoms with van der Waals surface area (Å²) in [7, 11) is 0. The van der Waals surface area contributed by atoms with Crippen molar-refractivity contribution in [2.75, 3.05) is 5.73 Å². The Bertz CT molecular complexity index is 462. The number of nitrogen functional groups attached to an aromatic ring is 1. The molecule has 0 spiro atoms. The normalized spacial score (nSPS) is 22.1. The topological polar surface area (TPSA) is 72.2 Å². The van der Waals surface area contributed by atoms with Gasteiger partial charge in [-0.2, -0.15) is 12.6 Å². The summed E-state index contributed by atoms with van der Waals surface area (Å²) >= 11 is 4.47. The Hall–Kier alpha value is -1.49. The number of anilines is 1. The molecule has 2 unspecified atom stereocenters. The second-order valence-electron chi connectivity index (χ2n) is 4.17. The number of rotatable bonds is 2. The molecule has 90 valence electrons.